The number of hydrogen-bond acceptors (Lipinski definition) is 0. The number of allylic oxidation sites excluding steroid dienone is 11. The lowest BCUT2D eigenvalue weighted by atomic mass is 10.0. The van der Waals surface area contributed by atoms with Gasteiger partial charge in [-0.25, -0.2) is 0 Å². The van der Waals surface area contributed by atoms with Crippen molar-refractivity contribution in [2.24, 2.45) is 0 Å². The van der Waals surface area contributed by atoms with E-state index in [1.165, 1.54) is 22.3 Å². The van der Waals surface area contributed by atoms with Gasteiger partial charge in [0.1, 0.15) is 0 Å². The number of rotatable bonds is 0. The monoisotopic (exact) mass is 192 g/mol. The molecule has 0 nitrogen and oxygen atoms in total. The van der Waals surface area contributed by atoms with Crippen LogP contribution in [0.4, 0.5) is 0 Å². The third-order valence-corrected chi connectivity index (χ3v) is 2.97. The van der Waals surface area contributed by atoms with E-state index in [0.29, 0.717) is 0 Å². The van der Waals surface area contributed by atoms with Crippen molar-refractivity contribution in [2.75, 3.05) is 0 Å². The Morgan fingerprint density at radius 1 is 1.00 bits per heavy atom. The molecule has 0 spiro atoms. The second-order valence-electron chi connectivity index (χ2n) is 3.93. The number of hydrogen-bond donors (Lipinski definition) is 0. The summed E-state index contributed by atoms with van der Waals surface area (Å²) in [4.78, 5) is 0. The van der Waals surface area contributed by atoms with Gasteiger partial charge in [0.05, 0.1) is 0 Å². The molecule has 0 heteroatoms. The SMILES string of the molecule is C1=CC=C2CC3=C(C=CCC=C3)C2=CC=1. The highest BCUT2D eigenvalue weighted by molar-refractivity contribution is 5.65. The average Bonchev–Trinajstić information content (AvgIpc) is 2.51. The summed E-state index contributed by atoms with van der Waals surface area (Å²) in [6.07, 6.45) is 19.4. The lowest BCUT2D eigenvalue weighted by Crippen LogP contribution is -1.82. The Morgan fingerprint density at radius 2 is 1.87 bits per heavy atom. The van der Waals surface area contributed by atoms with E-state index in [-0.39, 0.29) is 0 Å². The van der Waals surface area contributed by atoms with Gasteiger partial charge >= 0.3 is 0 Å². The van der Waals surface area contributed by atoms with Crippen LogP contribution in [0, 0.1) is 0 Å². The van der Waals surface area contributed by atoms with Crippen LogP contribution in [0.2, 0.25) is 0 Å². The van der Waals surface area contributed by atoms with E-state index in [1.54, 1.807) is 0 Å². The highest BCUT2D eigenvalue weighted by Crippen LogP contribution is 2.39. The first kappa shape index (κ1) is 8.52. The van der Waals surface area contributed by atoms with E-state index in [2.05, 4.69) is 42.2 Å². The Hall–Kier alpha value is -1.78. The van der Waals surface area contributed by atoms with Crippen LogP contribution in [-0.4, -0.2) is 0 Å². The molecule has 0 amide bonds. The average molecular weight is 192 g/mol. The summed E-state index contributed by atoms with van der Waals surface area (Å²) in [7, 11) is 0. The molecule has 0 bridgehead atoms. The van der Waals surface area contributed by atoms with Crippen LogP contribution in [0.15, 0.2) is 76.6 Å². The quantitative estimate of drug-likeness (QED) is 0.512. The smallest absolute Gasteiger partial charge is 0.00133 e. The molecule has 0 aromatic heterocycles. The molecule has 3 rings (SSSR count). The first-order valence-electron chi connectivity index (χ1n) is 5.34. The second-order valence-corrected chi connectivity index (χ2v) is 3.93. The molecule has 0 N–H and O–H groups in total. The summed E-state index contributed by atoms with van der Waals surface area (Å²) < 4.78 is 0. The Balaban J connectivity index is 2.15. The van der Waals surface area contributed by atoms with Crippen LogP contribution in [0.3, 0.4) is 0 Å². The fraction of sp³-hybridized carbons (Fsp3) is 0.133. The van der Waals surface area contributed by atoms with E-state index < -0.39 is 0 Å². The molecule has 0 aliphatic heterocycles. The van der Waals surface area contributed by atoms with Crippen LogP contribution >= 0.6 is 0 Å². The molecule has 0 fully saturated rings. The molecule has 0 aromatic rings. The van der Waals surface area contributed by atoms with Gasteiger partial charge in [-0.2, -0.15) is 0 Å². The molecule has 0 unspecified atom stereocenters. The van der Waals surface area contributed by atoms with Crippen molar-refractivity contribution < 1.29 is 0 Å². The molecule has 3 aliphatic rings. The zero-order valence-electron chi connectivity index (χ0n) is 8.53. The summed E-state index contributed by atoms with van der Waals surface area (Å²) in [6, 6.07) is 0. The van der Waals surface area contributed by atoms with Crippen molar-refractivity contribution in [1.29, 1.82) is 0 Å². The third-order valence-electron chi connectivity index (χ3n) is 2.97. The minimum Gasteiger partial charge on any atom is -0.121 e. The fourth-order valence-electron chi connectivity index (χ4n) is 2.24. The van der Waals surface area contributed by atoms with Gasteiger partial charge in [-0.05, 0) is 53.4 Å². The minimum atomic E-state index is 1.05. The van der Waals surface area contributed by atoms with Crippen molar-refractivity contribution in [2.45, 2.75) is 12.8 Å². The van der Waals surface area contributed by atoms with E-state index in [9.17, 15) is 0 Å². The largest absolute Gasteiger partial charge is 0.121 e. The summed E-state index contributed by atoms with van der Waals surface area (Å²) in [5.74, 6) is 0. The zero-order chi connectivity index (χ0) is 10.1. The lowest BCUT2D eigenvalue weighted by Gasteiger charge is -2.00. The van der Waals surface area contributed by atoms with Gasteiger partial charge in [0.25, 0.3) is 0 Å². The van der Waals surface area contributed by atoms with Crippen molar-refractivity contribution in [3.8, 4) is 0 Å². The molecule has 0 radical (unpaired) electrons. The van der Waals surface area contributed by atoms with Gasteiger partial charge in [0.15, 0.2) is 0 Å². The predicted molar refractivity (Wildman–Crippen MR) is 63.4 cm³/mol. The van der Waals surface area contributed by atoms with Crippen LogP contribution in [0.5, 0.6) is 0 Å². The van der Waals surface area contributed by atoms with Crippen LogP contribution in [0.25, 0.3) is 0 Å². The van der Waals surface area contributed by atoms with E-state index >= 15 is 0 Å². The van der Waals surface area contributed by atoms with E-state index in [0.717, 1.165) is 12.8 Å². The topological polar surface area (TPSA) is 0 Å². The van der Waals surface area contributed by atoms with Gasteiger partial charge in [-0.1, -0.05) is 30.4 Å². The molecule has 15 heavy (non-hydrogen) atoms. The standard InChI is InChI=1S/C15H12/c1-3-7-12-11-13-8-4-2-6-10-15(13)14(12)9-5-1/h3-10H,1,11H2. The summed E-state index contributed by atoms with van der Waals surface area (Å²) in [5.41, 5.74) is 8.74. The van der Waals surface area contributed by atoms with Gasteiger partial charge in [0.2, 0.25) is 0 Å². The number of fused-ring (bicyclic) bond motifs is 2. The van der Waals surface area contributed by atoms with Gasteiger partial charge in [-0.3, -0.25) is 0 Å². The summed E-state index contributed by atoms with van der Waals surface area (Å²) in [5, 5.41) is 0. The molecule has 0 saturated carbocycles. The highest BCUT2D eigenvalue weighted by atomic mass is 14.2. The van der Waals surface area contributed by atoms with Gasteiger partial charge in [-0.15, -0.1) is 5.73 Å². The molecular formula is C15H12. The zero-order valence-corrected chi connectivity index (χ0v) is 8.53. The maximum atomic E-state index is 3.12. The molecule has 0 aromatic carbocycles. The lowest BCUT2D eigenvalue weighted by molar-refractivity contribution is 1.24. The fourth-order valence-corrected chi connectivity index (χ4v) is 2.24. The first-order chi connectivity index (χ1) is 7.45. The first-order valence-corrected chi connectivity index (χ1v) is 5.34. The van der Waals surface area contributed by atoms with E-state index in [1.807, 2.05) is 12.2 Å². The summed E-state index contributed by atoms with van der Waals surface area (Å²) >= 11 is 0. The van der Waals surface area contributed by atoms with Gasteiger partial charge < -0.3 is 0 Å². The van der Waals surface area contributed by atoms with E-state index in [4.69, 9.17) is 0 Å². The van der Waals surface area contributed by atoms with Crippen molar-refractivity contribution in [1.82, 2.24) is 0 Å². The Bertz CT molecular complexity index is 510. The summed E-state index contributed by atoms with van der Waals surface area (Å²) in [6.45, 7) is 0. The maximum Gasteiger partial charge on any atom is -0.00133 e. The van der Waals surface area contributed by atoms with Crippen molar-refractivity contribution in [3.05, 3.63) is 76.6 Å². The van der Waals surface area contributed by atoms with Crippen molar-refractivity contribution >= 4 is 0 Å². The molecule has 0 heterocycles. The Labute approximate surface area is 90.0 Å². The molecule has 72 valence electrons. The highest BCUT2D eigenvalue weighted by Gasteiger charge is 2.21. The normalized spacial score (nSPS) is 21.9. The molecule has 3 aliphatic carbocycles. The van der Waals surface area contributed by atoms with Crippen molar-refractivity contribution in [3.63, 3.8) is 0 Å². The minimum absolute atomic E-state index is 1.05. The van der Waals surface area contributed by atoms with Crippen LogP contribution in [0.1, 0.15) is 12.8 Å². The molecule has 0 atom stereocenters. The Morgan fingerprint density at radius 3 is 2.87 bits per heavy atom. The second kappa shape index (κ2) is 3.42. The van der Waals surface area contributed by atoms with Crippen LogP contribution < -0.4 is 0 Å². The van der Waals surface area contributed by atoms with Crippen LogP contribution in [-0.2, 0) is 0 Å². The molecule has 0 saturated heterocycles. The molecular weight excluding hydrogens is 180 g/mol. The predicted octanol–water partition coefficient (Wildman–Crippen LogP) is 3.78. The van der Waals surface area contributed by atoms with Gasteiger partial charge in [0, 0.05) is 0 Å². The third kappa shape index (κ3) is 1.40. The maximum absolute atomic E-state index is 3.12. The Kier molecular flexibility index (Phi) is 1.94.